The number of rotatable bonds is 4. The van der Waals surface area contributed by atoms with Crippen molar-refractivity contribution >= 4 is 102 Å². The third-order valence-corrected chi connectivity index (χ3v) is 3.70. The maximum absolute atomic E-state index is 11.6. The Morgan fingerprint density at radius 2 is 1.96 bits per heavy atom. The zero-order valence-electron chi connectivity index (χ0n) is 16.6. The van der Waals surface area contributed by atoms with Crippen LogP contribution in [-0.2, 0) is 4.79 Å². The van der Waals surface area contributed by atoms with Gasteiger partial charge in [0.25, 0.3) is 0 Å². The van der Waals surface area contributed by atoms with E-state index in [-0.39, 0.29) is 77.3 Å². The topological polar surface area (TPSA) is 94.4 Å². The fraction of sp³-hybridized carbons (Fsp3) is 0.278. The second-order valence-corrected chi connectivity index (χ2v) is 5.46. The van der Waals surface area contributed by atoms with Gasteiger partial charge in [0.2, 0.25) is 5.91 Å². The molecule has 0 spiro atoms. The minimum atomic E-state index is -0.468. The summed E-state index contributed by atoms with van der Waals surface area (Å²) >= 11 is 2.32. The molecule has 0 saturated heterocycles. The van der Waals surface area contributed by atoms with Gasteiger partial charge in [-0.1, -0.05) is 14.4 Å². The Morgan fingerprint density at radius 3 is 2.57 bits per heavy atom. The van der Waals surface area contributed by atoms with Crippen molar-refractivity contribution in [2.45, 2.75) is 27.3 Å². The van der Waals surface area contributed by atoms with E-state index in [1.165, 1.54) is 14.0 Å². The fourth-order valence-electron chi connectivity index (χ4n) is 2.34. The molecular weight excluding hydrogens is 577 g/mol. The quantitative estimate of drug-likeness (QED) is 0.494. The average molecular weight is 598 g/mol. The summed E-state index contributed by atoms with van der Waals surface area (Å²) in [5, 5.41) is 10.2. The first-order valence-electron chi connectivity index (χ1n) is 8.46. The third kappa shape index (κ3) is 8.35. The molecule has 2 heterocycles. The van der Waals surface area contributed by atoms with Crippen LogP contribution in [0.1, 0.15) is 31.6 Å². The monoisotopic (exact) mass is 596 g/mol. The molecule has 1 aromatic carbocycles. The van der Waals surface area contributed by atoms with E-state index in [4.69, 9.17) is 4.74 Å². The molecule has 0 aliphatic carbocycles. The second kappa shape index (κ2) is 15.2. The number of nitrogens with one attached hydrogen (secondary N) is 2. The Bertz CT molecular complexity index is 834. The number of methoxy groups -OCH3 is 1. The number of pyridine rings is 1. The van der Waals surface area contributed by atoms with Gasteiger partial charge in [0.05, 0.1) is 12.8 Å². The predicted octanol–water partition coefficient (Wildman–Crippen LogP) is 0.261. The van der Waals surface area contributed by atoms with E-state index in [0.717, 1.165) is 67.7 Å². The van der Waals surface area contributed by atoms with Gasteiger partial charge < -0.3 is 25.7 Å². The van der Waals surface area contributed by atoms with E-state index < -0.39 is 6.04 Å². The van der Waals surface area contributed by atoms with Gasteiger partial charge in [0, 0.05) is 23.1 Å². The van der Waals surface area contributed by atoms with Crippen molar-refractivity contribution < 1.29 is 72.5 Å². The van der Waals surface area contributed by atoms with Gasteiger partial charge in [-0.05, 0) is 43.1 Å². The van der Waals surface area contributed by atoms with Crippen molar-refractivity contribution in [2.75, 3.05) is 17.7 Å². The van der Waals surface area contributed by atoms with E-state index >= 15 is 0 Å². The summed E-state index contributed by atoms with van der Waals surface area (Å²) in [6, 6.07) is 8.17. The molecule has 0 radical (unpaired) electrons. The zero-order valence-corrected chi connectivity index (χ0v) is 31.3. The van der Waals surface area contributed by atoms with Gasteiger partial charge in [-0.3, -0.25) is 9.59 Å². The average Bonchev–Trinajstić information content (AvgIpc) is 2.64. The van der Waals surface area contributed by atoms with Crippen LogP contribution in [0.25, 0.3) is 5.32 Å². The summed E-state index contributed by atoms with van der Waals surface area (Å²) < 4.78 is 5.33. The molecule has 1 aromatic heterocycles. The van der Waals surface area contributed by atoms with Crippen LogP contribution in [-0.4, -0.2) is 97.5 Å². The van der Waals surface area contributed by atoms with E-state index in [1.54, 1.807) is 37.3 Å². The molecule has 0 saturated carbocycles. The summed E-state index contributed by atoms with van der Waals surface area (Å²) in [4.78, 5) is 27.5. The number of aromatic nitrogens is 1. The number of benzene rings is 1. The Kier molecular flexibility index (Phi) is 16.5. The van der Waals surface area contributed by atoms with Crippen LogP contribution in [0.4, 0.5) is 23.0 Å². The zero-order chi connectivity index (χ0) is 19.3. The number of ether oxygens (including phenoxy) is 1. The molecule has 2 aromatic rings. The maximum atomic E-state index is 11.6. The number of ketones is 1. The molecule has 0 unspecified atom stereocenters. The molecule has 134 valence electrons. The van der Waals surface area contributed by atoms with Crippen LogP contribution >= 0.6 is 0 Å². The number of hydrogen-bond acceptors (Lipinski definition) is 5. The van der Waals surface area contributed by atoms with E-state index in [2.05, 4.69) is 20.9 Å². The van der Waals surface area contributed by atoms with Crippen molar-refractivity contribution in [1.82, 2.24) is 4.98 Å². The van der Waals surface area contributed by atoms with Gasteiger partial charge in [-0.15, -0.1) is 0 Å². The number of carbonyl (C=O) groups is 2. The molecule has 3 rings (SSSR count). The number of anilines is 3. The molecule has 0 bridgehead atoms. The van der Waals surface area contributed by atoms with Crippen molar-refractivity contribution in [3.05, 3.63) is 41.2 Å². The molecular formula is C18H21N4O3Rb3. The van der Waals surface area contributed by atoms with Gasteiger partial charge in [0.1, 0.15) is 5.75 Å². The predicted molar refractivity (Wildman–Crippen MR) is 110 cm³/mol. The second-order valence-electron chi connectivity index (χ2n) is 5.46. The van der Waals surface area contributed by atoms with Crippen molar-refractivity contribution in [3.8, 4) is 5.75 Å². The number of fused-ring (bicyclic) bond motifs is 1. The summed E-state index contributed by atoms with van der Waals surface area (Å²) in [6.07, 6.45) is 0. The first-order chi connectivity index (χ1) is 12.5. The SMILES string of the molecule is C.COc1cc(C(C)=O)ccc1Nc1ccc2c(n1)[N-][C@H](C)C(=O)N2.[Rb+].[Rb][Rb]. The van der Waals surface area contributed by atoms with Crippen LogP contribution in [0.5, 0.6) is 5.75 Å². The molecule has 0 fully saturated rings. The van der Waals surface area contributed by atoms with E-state index in [1.807, 2.05) is 0 Å². The van der Waals surface area contributed by atoms with Gasteiger partial charge in [-0.25, -0.2) is 0 Å². The molecule has 7 nitrogen and oxygen atoms in total. The van der Waals surface area contributed by atoms with E-state index in [9.17, 15) is 9.59 Å². The summed E-state index contributed by atoms with van der Waals surface area (Å²) in [6.45, 7) is 3.22. The number of carbonyl (C=O) groups excluding carboxylic acids is 2. The number of hydrogen-bond donors (Lipinski definition) is 2. The molecule has 2 N–H and O–H groups in total. The van der Waals surface area contributed by atoms with Crippen molar-refractivity contribution in [2.24, 2.45) is 0 Å². The minimum absolute atomic E-state index is 0. The van der Waals surface area contributed by atoms with Crippen LogP contribution in [0.15, 0.2) is 30.3 Å². The third-order valence-electron chi connectivity index (χ3n) is 3.70. The van der Waals surface area contributed by atoms with Crippen LogP contribution < -0.4 is 73.6 Å². The molecule has 28 heavy (non-hydrogen) atoms. The van der Waals surface area contributed by atoms with E-state index in [0.29, 0.717) is 34.3 Å². The molecule has 1 amide bonds. The van der Waals surface area contributed by atoms with Crippen molar-refractivity contribution in [3.63, 3.8) is 0 Å². The van der Waals surface area contributed by atoms with Crippen LogP contribution in [0.3, 0.4) is 0 Å². The van der Waals surface area contributed by atoms with Crippen molar-refractivity contribution in [1.29, 1.82) is 0 Å². The molecule has 1 atom stereocenters. The van der Waals surface area contributed by atoms with Crippen LogP contribution in [0.2, 0.25) is 0 Å². The summed E-state index contributed by atoms with van der Waals surface area (Å²) in [5.41, 5.74) is 1.84. The van der Waals surface area contributed by atoms with Crippen LogP contribution in [0, 0.1) is 0 Å². The molecule has 1 aliphatic heterocycles. The van der Waals surface area contributed by atoms with Gasteiger partial charge in [-0.2, -0.15) is 0 Å². The fourth-order valence-corrected chi connectivity index (χ4v) is 2.34. The Morgan fingerprint density at radius 1 is 1.29 bits per heavy atom. The number of Topliss-reactive ketones (excluding diaryl/α,β-unsaturated/α-hetero) is 1. The standard InChI is InChI=1S/C17H18N4O3.CH4.3Rb/c1-9-17(23)20-13-6-7-15(21-16(13)18-9)19-12-5-4-11(10(2)22)8-14(12)24-3;;;;/h4-9H,1-3H3,(H3,18,19,20,21,22,23);1H4;;;/q;;;;+1/p-1/t9-;;;;/m1..../s1. The summed E-state index contributed by atoms with van der Waals surface area (Å²) in [5.74, 6) is 1.41. The van der Waals surface area contributed by atoms with Gasteiger partial charge in [0.15, 0.2) is 5.78 Å². The normalized spacial score (nSPS) is 13.8. The molecule has 10 heteroatoms. The van der Waals surface area contributed by atoms with Gasteiger partial charge >= 0.3 is 126 Å². The first-order valence-corrected chi connectivity index (χ1v) is 42.5. The first kappa shape index (κ1) is 30.3. The number of amides is 1. The number of nitrogens with zero attached hydrogens (tertiary/aromatic N) is 2. The summed E-state index contributed by atoms with van der Waals surface area (Å²) in [7, 11) is 1.54. The Hall–Kier alpha value is 2.33. The Balaban J connectivity index is 0.00000177. The Labute approximate surface area is 264 Å². The molecule has 1 aliphatic rings.